The zero-order chi connectivity index (χ0) is 13.8. The molecule has 2 N–H and O–H groups in total. The Balaban J connectivity index is 2.54. The lowest BCUT2D eigenvalue weighted by molar-refractivity contribution is 0.211. The van der Waals surface area contributed by atoms with E-state index in [2.05, 4.69) is 0 Å². The molecule has 0 radical (unpaired) electrons. The lowest BCUT2D eigenvalue weighted by atomic mass is 10.0. The van der Waals surface area contributed by atoms with Crippen LogP contribution in [0.15, 0.2) is 42.5 Å². The molecule has 0 aliphatic carbocycles. The highest BCUT2D eigenvalue weighted by atomic mass is 19.1. The molecule has 4 nitrogen and oxygen atoms in total. The van der Waals surface area contributed by atoms with Crippen LogP contribution in [0.1, 0.15) is 0 Å². The zero-order valence-electron chi connectivity index (χ0n) is 10.2. The zero-order valence-corrected chi connectivity index (χ0v) is 10.2. The van der Waals surface area contributed by atoms with Crippen molar-refractivity contribution in [2.24, 2.45) is 5.73 Å². The van der Waals surface area contributed by atoms with Gasteiger partial charge in [-0.25, -0.2) is 9.18 Å². The van der Waals surface area contributed by atoms with Gasteiger partial charge >= 0.3 is 6.09 Å². The van der Waals surface area contributed by atoms with Crippen LogP contribution in [0.5, 0.6) is 11.5 Å². The van der Waals surface area contributed by atoms with Crippen molar-refractivity contribution in [2.45, 2.75) is 0 Å². The summed E-state index contributed by atoms with van der Waals surface area (Å²) in [5.74, 6) is 0.431. The highest BCUT2D eigenvalue weighted by Gasteiger charge is 2.11. The number of methoxy groups -OCH3 is 1. The molecule has 98 valence electrons. The largest absolute Gasteiger partial charge is 0.497 e. The number of benzene rings is 2. The van der Waals surface area contributed by atoms with Crippen LogP contribution in [0.4, 0.5) is 9.18 Å². The first-order valence-corrected chi connectivity index (χ1v) is 5.51. The summed E-state index contributed by atoms with van der Waals surface area (Å²) in [5, 5.41) is 0. The number of rotatable bonds is 3. The average Bonchev–Trinajstić information content (AvgIpc) is 2.38. The number of amides is 1. The van der Waals surface area contributed by atoms with Crippen molar-refractivity contribution in [3.05, 3.63) is 48.3 Å². The second-order valence-corrected chi connectivity index (χ2v) is 3.79. The Morgan fingerprint density at radius 2 is 2.00 bits per heavy atom. The molecule has 0 bridgehead atoms. The molecule has 0 aromatic heterocycles. The van der Waals surface area contributed by atoms with Crippen molar-refractivity contribution >= 4 is 6.09 Å². The summed E-state index contributed by atoms with van der Waals surface area (Å²) in [6, 6.07) is 10.8. The summed E-state index contributed by atoms with van der Waals surface area (Å²) < 4.78 is 23.3. The molecule has 2 aromatic rings. The van der Waals surface area contributed by atoms with E-state index in [4.69, 9.17) is 15.2 Å². The molecule has 5 heteroatoms. The minimum absolute atomic E-state index is 0.249. The molecule has 0 fully saturated rings. The van der Waals surface area contributed by atoms with Gasteiger partial charge in [0.25, 0.3) is 0 Å². The van der Waals surface area contributed by atoms with Gasteiger partial charge in [0.1, 0.15) is 17.3 Å². The number of hydrogen-bond donors (Lipinski definition) is 1. The number of ether oxygens (including phenoxy) is 2. The van der Waals surface area contributed by atoms with E-state index in [1.807, 2.05) is 0 Å². The van der Waals surface area contributed by atoms with Gasteiger partial charge in [0.15, 0.2) is 0 Å². The third-order valence-corrected chi connectivity index (χ3v) is 2.53. The van der Waals surface area contributed by atoms with E-state index in [9.17, 15) is 9.18 Å². The van der Waals surface area contributed by atoms with Gasteiger partial charge in [-0.3, -0.25) is 0 Å². The summed E-state index contributed by atoms with van der Waals surface area (Å²) in [4.78, 5) is 10.9. The summed E-state index contributed by atoms with van der Waals surface area (Å²) in [6.45, 7) is 0. The Labute approximate surface area is 109 Å². The molecule has 0 saturated heterocycles. The maximum absolute atomic E-state index is 13.3. The maximum Gasteiger partial charge on any atom is 0.409 e. The first-order chi connectivity index (χ1) is 9.10. The molecule has 2 aromatic carbocycles. The van der Waals surface area contributed by atoms with Gasteiger partial charge in [0, 0.05) is 5.56 Å². The fraction of sp³-hybridized carbons (Fsp3) is 0.0714. The van der Waals surface area contributed by atoms with Crippen molar-refractivity contribution in [3.8, 4) is 22.6 Å². The molecule has 0 aliphatic heterocycles. The topological polar surface area (TPSA) is 61.6 Å². The molecular weight excluding hydrogens is 249 g/mol. The SMILES string of the molecule is COc1ccc(OC(N)=O)c(-c2cccc(F)c2)c1. The lowest BCUT2D eigenvalue weighted by Gasteiger charge is -2.10. The van der Waals surface area contributed by atoms with Gasteiger partial charge in [-0.1, -0.05) is 12.1 Å². The van der Waals surface area contributed by atoms with Crippen molar-refractivity contribution in [1.29, 1.82) is 0 Å². The molecule has 0 saturated carbocycles. The molecule has 0 atom stereocenters. The van der Waals surface area contributed by atoms with Gasteiger partial charge in [-0.2, -0.15) is 0 Å². The van der Waals surface area contributed by atoms with Crippen LogP contribution < -0.4 is 15.2 Å². The molecule has 1 amide bonds. The van der Waals surface area contributed by atoms with E-state index < -0.39 is 6.09 Å². The van der Waals surface area contributed by atoms with Crippen molar-refractivity contribution in [2.75, 3.05) is 7.11 Å². The van der Waals surface area contributed by atoms with Crippen LogP contribution in [0, 0.1) is 5.82 Å². The number of carbonyl (C=O) groups is 1. The monoisotopic (exact) mass is 261 g/mol. The predicted molar refractivity (Wildman–Crippen MR) is 68.6 cm³/mol. The van der Waals surface area contributed by atoms with Crippen LogP contribution in [0.25, 0.3) is 11.1 Å². The smallest absolute Gasteiger partial charge is 0.409 e. The van der Waals surface area contributed by atoms with Crippen molar-refractivity contribution in [3.63, 3.8) is 0 Å². The number of halogens is 1. The number of hydrogen-bond acceptors (Lipinski definition) is 3. The first kappa shape index (κ1) is 12.9. The standard InChI is InChI=1S/C14H12FNO3/c1-18-11-5-6-13(19-14(16)17)12(8-11)9-3-2-4-10(15)7-9/h2-8H,1H3,(H2,16,17). The van der Waals surface area contributed by atoms with E-state index in [0.717, 1.165) is 0 Å². The van der Waals surface area contributed by atoms with Crippen LogP contribution in [-0.2, 0) is 0 Å². The first-order valence-electron chi connectivity index (χ1n) is 5.51. The van der Waals surface area contributed by atoms with Crippen LogP contribution in [0.3, 0.4) is 0 Å². The van der Waals surface area contributed by atoms with E-state index in [-0.39, 0.29) is 11.6 Å². The molecule has 19 heavy (non-hydrogen) atoms. The van der Waals surface area contributed by atoms with Crippen LogP contribution in [0.2, 0.25) is 0 Å². The minimum Gasteiger partial charge on any atom is -0.497 e. The van der Waals surface area contributed by atoms with Crippen LogP contribution in [-0.4, -0.2) is 13.2 Å². The minimum atomic E-state index is -0.928. The highest BCUT2D eigenvalue weighted by molar-refractivity contribution is 5.77. The normalized spacial score (nSPS) is 10.0. The molecule has 0 aliphatic rings. The Hall–Kier alpha value is -2.56. The van der Waals surface area contributed by atoms with Crippen molar-refractivity contribution in [1.82, 2.24) is 0 Å². The van der Waals surface area contributed by atoms with Gasteiger partial charge in [0.2, 0.25) is 0 Å². The molecular formula is C14H12FNO3. The second kappa shape index (κ2) is 5.39. The lowest BCUT2D eigenvalue weighted by Crippen LogP contribution is -2.16. The highest BCUT2D eigenvalue weighted by Crippen LogP contribution is 2.33. The fourth-order valence-electron chi connectivity index (χ4n) is 1.72. The number of nitrogens with two attached hydrogens (primary N) is 1. The van der Waals surface area contributed by atoms with Crippen molar-refractivity contribution < 1.29 is 18.7 Å². The average molecular weight is 261 g/mol. The fourth-order valence-corrected chi connectivity index (χ4v) is 1.72. The van der Waals surface area contributed by atoms with Crippen LogP contribution >= 0.6 is 0 Å². The van der Waals surface area contributed by atoms with Gasteiger partial charge in [-0.15, -0.1) is 0 Å². The summed E-state index contributed by atoms with van der Waals surface area (Å²) in [5.41, 5.74) is 6.10. The van der Waals surface area contributed by atoms with E-state index in [1.165, 1.54) is 19.2 Å². The Kier molecular flexibility index (Phi) is 3.66. The van der Waals surface area contributed by atoms with E-state index in [1.54, 1.807) is 30.3 Å². The Morgan fingerprint density at radius 3 is 2.63 bits per heavy atom. The molecule has 0 unspecified atom stereocenters. The summed E-state index contributed by atoms with van der Waals surface area (Å²) in [6.07, 6.45) is -0.928. The predicted octanol–water partition coefficient (Wildman–Crippen LogP) is 2.96. The summed E-state index contributed by atoms with van der Waals surface area (Å²) >= 11 is 0. The van der Waals surface area contributed by atoms with E-state index in [0.29, 0.717) is 16.9 Å². The summed E-state index contributed by atoms with van der Waals surface area (Å²) in [7, 11) is 1.51. The van der Waals surface area contributed by atoms with E-state index >= 15 is 0 Å². The van der Waals surface area contributed by atoms with Gasteiger partial charge < -0.3 is 15.2 Å². The third-order valence-electron chi connectivity index (χ3n) is 2.53. The Bertz CT molecular complexity index is 613. The number of carbonyl (C=O) groups excluding carboxylic acids is 1. The quantitative estimate of drug-likeness (QED) is 0.923. The maximum atomic E-state index is 13.3. The molecule has 2 rings (SSSR count). The second-order valence-electron chi connectivity index (χ2n) is 3.79. The molecule has 0 heterocycles. The molecule has 0 spiro atoms. The Morgan fingerprint density at radius 1 is 1.21 bits per heavy atom. The number of primary amides is 1. The third kappa shape index (κ3) is 3.01. The van der Waals surface area contributed by atoms with Gasteiger partial charge in [0.05, 0.1) is 7.11 Å². The van der Waals surface area contributed by atoms with Gasteiger partial charge in [-0.05, 0) is 35.9 Å².